The smallest absolute Gasteiger partial charge is 0.0832 e. The van der Waals surface area contributed by atoms with Crippen LogP contribution in [-0.4, -0.2) is 4.98 Å². The van der Waals surface area contributed by atoms with Crippen LogP contribution in [0.4, 0.5) is 0 Å². The first-order chi connectivity index (χ1) is 6.22. The van der Waals surface area contributed by atoms with E-state index in [0.717, 1.165) is 24.6 Å². The van der Waals surface area contributed by atoms with Gasteiger partial charge in [-0.3, -0.25) is 4.98 Å². The minimum Gasteiger partial charge on any atom is -0.254 e. The summed E-state index contributed by atoms with van der Waals surface area (Å²) in [5.74, 6) is 0. The summed E-state index contributed by atoms with van der Waals surface area (Å²) >= 11 is 11.0. The van der Waals surface area contributed by atoms with Gasteiger partial charge in [-0.25, -0.2) is 0 Å². The predicted molar refractivity (Wildman–Crippen MR) is 62.4 cm³/mol. The molecule has 0 aromatic carbocycles. The van der Waals surface area contributed by atoms with Crippen LogP contribution < -0.4 is 0 Å². The van der Waals surface area contributed by atoms with E-state index in [1.54, 1.807) is 23.6 Å². The summed E-state index contributed by atoms with van der Waals surface area (Å²) in [5, 5.41) is 0.725. The van der Waals surface area contributed by atoms with Crippen molar-refractivity contribution in [2.45, 2.75) is 0 Å². The SMILES string of the molecule is C=Cc1cc2ncc(Br)c(Cl)c2s1. The Kier molecular flexibility index (Phi) is 2.41. The average Bonchev–Trinajstić information content (AvgIpc) is 2.55. The molecular weight excluding hydrogens is 270 g/mol. The standard InChI is InChI=1S/C9H5BrClNS/c1-2-5-3-7-9(13-5)8(11)6(10)4-12-7/h2-4H,1H2. The summed E-state index contributed by atoms with van der Waals surface area (Å²) in [6.07, 6.45) is 3.51. The molecule has 0 bridgehead atoms. The fraction of sp³-hybridized carbons (Fsp3) is 0. The molecule has 2 aromatic rings. The Hall–Kier alpha value is -0.380. The molecule has 0 spiro atoms. The van der Waals surface area contributed by atoms with E-state index in [2.05, 4.69) is 27.5 Å². The van der Waals surface area contributed by atoms with Gasteiger partial charge in [0.05, 0.1) is 19.7 Å². The van der Waals surface area contributed by atoms with E-state index in [-0.39, 0.29) is 0 Å². The van der Waals surface area contributed by atoms with Crippen LogP contribution >= 0.6 is 38.9 Å². The average molecular weight is 275 g/mol. The molecule has 1 nitrogen and oxygen atoms in total. The van der Waals surface area contributed by atoms with Crippen molar-refractivity contribution in [2.75, 3.05) is 0 Å². The van der Waals surface area contributed by atoms with E-state index in [0.29, 0.717) is 0 Å². The van der Waals surface area contributed by atoms with Crippen LogP contribution in [0.25, 0.3) is 16.3 Å². The van der Waals surface area contributed by atoms with Gasteiger partial charge < -0.3 is 0 Å². The van der Waals surface area contributed by atoms with Gasteiger partial charge in [0, 0.05) is 11.1 Å². The molecule has 0 N–H and O–H groups in total. The van der Waals surface area contributed by atoms with Gasteiger partial charge in [0.1, 0.15) is 0 Å². The van der Waals surface area contributed by atoms with Gasteiger partial charge >= 0.3 is 0 Å². The molecule has 0 atom stereocenters. The molecule has 0 saturated carbocycles. The van der Waals surface area contributed by atoms with Gasteiger partial charge in [-0.1, -0.05) is 24.3 Å². The number of aromatic nitrogens is 1. The maximum atomic E-state index is 6.09. The van der Waals surface area contributed by atoms with Crippen LogP contribution in [0.15, 0.2) is 23.3 Å². The zero-order valence-corrected chi connectivity index (χ0v) is 9.71. The first-order valence-electron chi connectivity index (χ1n) is 3.58. The third-order valence-corrected chi connectivity index (χ3v) is 4.13. The van der Waals surface area contributed by atoms with Crippen LogP contribution in [0, 0.1) is 0 Å². The monoisotopic (exact) mass is 273 g/mol. The van der Waals surface area contributed by atoms with Gasteiger partial charge in [-0.15, -0.1) is 11.3 Å². The van der Waals surface area contributed by atoms with Crippen LogP contribution in [-0.2, 0) is 0 Å². The van der Waals surface area contributed by atoms with Crippen LogP contribution in [0.3, 0.4) is 0 Å². The highest BCUT2D eigenvalue weighted by atomic mass is 79.9. The molecule has 0 amide bonds. The summed E-state index contributed by atoms with van der Waals surface area (Å²) in [4.78, 5) is 5.33. The Morgan fingerprint density at radius 2 is 2.38 bits per heavy atom. The number of thiophene rings is 1. The second-order valence-corrected chi connectivity index (χ2v) is 4.80. The van der Waals surface area contributed by atoms with Gasteiger partial charge in [-0.2, -0.15) is 0 Å². The van der Waals surface area contributed by atoms with E-state index >= 15 is 0 Å². The van der Waals surface area contributed by atoms with Gasteiger partial charge in [0.25, 0.3) is 0 Å². The molecule has 2 rings (SSSR count). The third kappa shape index (κ3) is 1.52. The molecule has 0 radical (unpaired) electrons. The summed E-state index contributed by atoms with van der Waals surface area (Å²) in [6.45, 7) is 3.71. The van der Waals surface area contributed by atoms with Crippen LogP contribution in [0.5, 0.6) is 0 Å². The highest BCUT2D eigenvalue weighted by Gasteiger charge is 2.07. The first-order valence-corrected chi connectivity index (χ1v) is 5.57. The molecular formula is C9H5BrClNS. The molecule has 0 aliphatic rings. The molecule has 66 valence electrons. The number of fused-ring (bicyclic) bond motifs is 1. The van der Waals surface area contributed by atoms with Crippen molar-refractivity contribution in [3.05, 3.63) is 33.2 Å². The topological polar surface area (TPSA) is 12.9 Å². The van der Waals surface area contributed by atoms with Crippen LogP contribution in [0.1, 0.15) is 4.88 Å². The Bertz CT molecular complexity index is 478. The minimum absolute atomic E-state index is 0.725. The lowest BCUT2D eigenvalue weighted by Crippen LogP contribution is -1.74. The van der Waals surface area contributed by atoms with Gasteiger partial charge in [0.15, 0.2) is 0 Å². The van der Waals surface area contributed by atoms with Crippen molar-refractivity contribution in [1.29, 1.82) is 0 Å². The summed E-state index contributed by atoms with van der Waals surface area (Å²) < 4.78 is 1.84. The Labute approximate surface area is 93.2 Å². The van der Waals surface area contributed by atoms with Crippen molar-refractivity contribution in [3.63, 3.8) is 0 Å². The van der Waals surface area contributed by atoms with Crippen molar-refractivity contribution >= 4 is 55.2 Å². The van der Waals surface area contributed by atoms with Gasteiger partial charge in [-0.05, 0) is 22.0 Å². The molecule has 0 aliphatic carbocycles. The van der Waals surface area contributed by atoms with Crippen LogP contribution in [0.2, 0.25) is 5.02 Å². The molecule has 2 heterocycles. The predicted octanol–water partition coefficient (Wildman–Crippen LogP) is 4.36. The quantitative estimate of drug-likeness (QED) is 0.753. The van der Waals surface area contributed by atoms with Gasteiger partial charge in [0.2, 0.25) is 0 Å². The van der Waals surface area contributed by atoms with Crippen molar-refractivity contribution in [2.24, 2.45) is 0 Å². The third-order valence-electron chi connectivity index (χ3n) is 1.66. The zero-order valence-electron chi connectivity index (χ0n) is 6.55. The van der Waals surface area contributed by atoms with Crippen molar-refractivity contribution in [1.82, 2.24) is 4.98 Å². The zero-order chi connectivity index (χ0) is 9.42. The number of halogens is 2. The minimum atomic E-state index is 0.725. The fourth-order valence-corrected chi connectivity index (χ4v) is 2.64. The lowest BCUT2D eigenvalue weighted by atomic mass is 10.4. The Balaban J connectivity index is 2.83. The van der Waals surface area contributed by atoms with E-state index in [1.165, 1.54) is 0 Å². The highest BCUT2D eigenvalue weighted by molar-refractivity contribution is 9.10. The maximum Gasteiger partial charge on any atom is 0.0832 e. The van der Waals surface area contributed by atoms with E-state index < -0.39 is 0 Å². The molecule has 0 unspecified atom stereocenters. The van der Waals surface area contributed by atoms with E-state index in [1.807, 2.05) is 6.07 Å². The van der Waals surface area contributed by atoms with Crippen molar-refractivity contribution < 1.29 is 0 Å². The molecule has 0 saturated heterocycles. The van der Waals surface area contributed by atoms with Crippen molar-refractivity contribution in [3.8, 4) is 0 Å². The Morgan fingerprint density at radius 1 is 1.62 bits per heavy atom. The molecule has 0 aliphatic heterocycles. The molecule has 0 fully saturated rings. The second-order valence-electron chi connectivity index (χ2n) is 2.49. The lowest BCUT2D eigenvalue weighted by Gasteiger charge is -1.94. The maximum absolute atomic E-state index is 6.09. The van der Waals surface area contributed by atoms with E-state index in [9.17, 15) is 0 Å². The molecule has 4 heteroatoms. The lowest BCUT2D eigenvalue weighted by molar-refractivity contribution is 1.40. The van der Waals surface area contributed by atoms with E-state index in [4.69, 9.17) is 11.6 Å². The fourth-order valence-electron chi connectivity index (χ4n) is 1.04. The summed E-state index contributed by atoms with van der Waals surface area (Å²) in [7, 11) is 0. The summed E-state index contributed by atoms with van der Waals surface area (Å²) in [5.41, 5.74) is 0.924. The first kappa shape index (κ1) is 9.19. The second kappa shape index (κ2) is 3.40. The summed E-state index contributed by atoms with van der Waals surface area (Å²) in [6, 6.07) is 1.98. The normalized spacial score (nSPS) is 10.6. The largest absolute Gasteiger partial charge is 0.254 e. The number of nitrogens with zero attached hydrogens (tertiary/aromatic N) is 1. The number of rotatable bonds is 1. The number of pyridine rings is 1. The Morgan fingerprint density at radius 3 is 3.08 bits per heavy atom. The molecule has 2 aromatic heterocycles. The highest BCUT2D eigenvalue weighted by Crippen LogP contribution is 2.35. The number of hydrogen-bond acceptors (Lipinski definition) is 2. The number of hydrogen-bond donors (Lipinski definition) is 0. The molecule has 13 heavy (non-hydrogen) atoms.